The lowest BCUT2D eigenvalue weighted by Crippen LogP contribution is -2.37. The largest absolute Gasteiger partial charge is 0.350 e. The van der Waals surface area contributed by atoms with E-state index < -0.39 is 0 Å². The second-order valence-corrected chi connectivity index (χ2v) is 5.36. The van der Waals surface area contributed by atoms with Crippen molar-refractivity contribution < 1.29 is 4.79 Å². The predicted molar refractivity (Wildman–Crippen MR) is 86.1 cm³/mol. The van der Waals surface area contributed by atoms with E-state index in [1.54, 1.807) is 0 Å². The Kier molecular flexibility index (Phi) is 4.81. The fourth-order valence-corrected chi connectivity index (χ4v) is 2.41. The third kappa shape index (κ3) is 3.34. The summed E-state index contributed by atoms with van der Waals surface area (Å²) < 4.78 is 2.11. The molecule has 1 aromatic heterocycles. The number of aromatic nitrogens is 1. The number of likely N-dealkylation sites (N-methyl/N-ethyl adjacent to an activating group) is 1. The number of nitrogens with zero attached hydrogens (tertiary/aromatic N) is 1. The summed E-state index contributed by atoms with van der Waals surface area (Å²) in [7, 11) is 1.89. The molecule has 0 aliphatic rings. The molecule has 1 unspecified atom stereocenters. The number of rotatable bonds is 5. The first-order valence-corrected chi connectivity index (χ1v) is 7.24. The van der Waals surface area contributed by atoms with Gasteiger partial charge in [-0.2, -0.15) is 0 Å². The van der Waals surface area contributed by atoms with Crippen LogP contribution in [0.4, 0.5) is 0 Å². The van der Waals surface area contributed by atoms with E-state index >= 15 is 0 Å². The molecule has 1 atom stereocenters. The number of hydrogen-bond donors (Lipinski definition) is 2. The van der Waals surface area contributed by atoms with Crippen molar-refractivity contribution in [2.45, 2.75) is 26.8 Å². The molecule has 0 radical (unpaired) electrons. The van der Waals surface area contributed by atoms with Crippen LogP contribution in [-0.2, 0) is 0 Å². The van der Waals surface area contributed by atoms with Crippen LogP contribution >= 0.6 is 0 Å². The van der Waals surface area contributed by atoms with Crippen molar-refractivity contribution in [1.29, 1.82) is 0 Å². The number of carbonyl (C=O) groups is 1. The number of nitrogens with one attached hydrogen (secondary N) is 2. The highest BCUT2D eigenvalue weighted by molar-refractivity contribution is 5.95. The maximum Gasteiger partial charge on any atom is 0.253 e. The van der Waals surface area contributed by atoms with Gasteiger partial charge in [-0.25, -0.2) is 0 Å². The van der Waals surface area contributed by atoms with Crippen molar-refractivity contribution in [2.75, 3.05) is 13.6 Å². The second kappa shape index (κ2) is 6.59. The molecule has 4 nitrogen and oxygen atoms in total. The molecule has 112 valence electrons. The van der Waals surface area contributed by atoms with Gasteiger partial charge in [0, 0.05) is 29.7 Å². The minimum Gasteiger partial charge on any atom is -0.350 e. The van der Waals surface area contributed by atoms with Crippen LogP contribution in [0.2, 0.25) is 0 Å². The summed E-state index contributed by atoms with van der Waals surface area (Å²) in [6, 6.07) is 12.3. The van der Waals surface area contributed by atoms with Crippen molar-refractivity contribution in [3.8, 4) is 5.69 Å². The van der Waals surface area contributed by atoms with E-state index in [1.165, 1.54) is 0 Å². The van der Waals surface area contributed by atoms with Crippen LogP contribution in [0.25, 0.3) is 5.69 Å². The van der Waals surface area contributed by atoms with E-state index in [9.17, 15) is 4.79 Å². The molecule has 0 aliphatic heterocycles. The van der Waals surface area contributed by atoms with Crippen molar-refractivity contribution >= 4 is 5.91 Å². The molecule has 0 spiro atoms. The lowest BCUT2D eigenvalue weighted by atomic mass is 10.2. The Morgan fingerprint density at radius 2 is 1.90 bits per heavy atom. The summed E-state index contributed by atoms with van der Waals surface area (Å²) in [6.45, 7) is 6.65. The molecule has 0 fully saturated rings. The quantitative estimate of drug-likeness (QED) is 0.886. The summed E-state index contributed by atoms with van der Waals surface area (Å²) in [4.78, 5) is 12.3. The van der Waals surface area contributed by atoms with Gasteiger partial charge in [-0.1, -0.05) is 18.2 Å². The van der Waals surface area contributed by atoms with Gasteiger partial charge in [-0.05, 0) is 46.0 Å². The zero-order valence-corrected chi connectivity index (χ0v) is 13.1. The Labute approximate surface area is 126 Å². The van der Waals surface area contributed by atoms with Crippen molar-refractivity contribution in [1.82, 2.24) is 15.2 Å². The summed E-state index contributed by atoms with van der Waals surface area (Å²) in [5.74, 6) is -0.0209. The van der Waals surface area contributed by atoms with Crippen LogP contribution in [0.15, 0.2) is 36.4 Å². The Hall–Kier alpha value is -2.07. The fourth-order valence-electron chi connectivity index (χ4n) is 2.41. The first-order chi connectivity index (χ1) is 10.0. The van der Waals surface area contributed by atoms with Crippen molar-refractivity contribution in [2.24, 2.45) is 0 Å². The third-order valence-electron chi connectivity index (χ3n) is 3.75. The SMILES string of the molecule is CNC(C)CNC(=O)c1cc(C)n(-c2ccccc2)c1C. The minimum atomic E-state index is -0.0209. The normalized spacial score (nSPS) is 12.2. The van der Waals surface area contributed by atoms with Crippen LogP contribution in [0, 0.1) is 13.8 Å². The smallest absolute Gasteiger partial charge is 0.253 e. The first-order valence-electron chi connectivity index (χ1n) is 7.24. The standard InChI is InChI=1S/C17H23N3O/c1-12(18-4)11-19-17(21)16-10-13(2)20(14(16)3)15-8-6-5-7-9-15/h5-10,12,18H,11H2,1-4H3,(H,19,21). The minimum absolute atomic E-state index is 0.0209. The van der Waals surface area contributed by atoms with Gasteiger partial charge in [-0.3, -0.25) is 4.79 Å². The van der Waals surface area contributed by atoms with Gasteiger partial charge in [0.15, 0.2) is 0 Å². The second-order valence-electron chi connectivity index (χ2n) is 5.36. The average Bonchev–Trinajstić information content (AvgIpc) is 2.80. The lowest BCUT2D eigenvalue weighted by molar-refractivity contribution is 0.0950. The Morgan fingerprint density at radius 3 is 2.52 bits per heavy atom. The molecule has 0 bridgehead atoms. The van der Waals surface area contributed by atoms with Gasteiger partial charge in [0.2, 0.25) is 0 Å². The topological polar surface area (TPSA) is 46.1 Å². The Balaban J connectivity index is 2.25. The number of benzene rings is 1. The van der Waals surface area contributed by atoms with Gasteiger partial charge >= 0.3 is 0 Å². The highest BCUT2D eigenvalue weighted by Crippen LogP contribution is 2.20. The molecule has 0 aliphatic carbocycles. The molecule has 2 rings (SSSR count). The van der Waals surface area contributed by atoms with E-state index in [0.717, 1.165) is 22.6 Å². The molecule has 1 amide bonds. The molecule has 0 saturated carbocycles. The molecule has 21 heavy (non-hydrogen) atoms. The monoisotopic (exact) mass is 285 g/mol. The van der Waals surface area contributed by atoms with Crippen molar-refractivity contribution in [3.05, 3.63) is 53.3 Å². The van der Waals surface area contributed by atoms with Crippen LogP contribution in [0.1, 0.15) is 28.7 Å². The molecule has 1 heterocycles. The summed E-state index contributed by atoms with van der Waals surface area (Å²) >= 11 is 0. The van der Waals surface area contributed by atoms with E-state index in [-0.39, 0.29) is 11.9 Å². The number of aryl methyl sites for hydroxylation is 1. The van der Waals surface area contributed by atoms with Gasteiger partial charge in [0.05, 0.1) is 5.56 Å². The van der Waals surface area contributed by atoms with Crippen LogP contribution < -0.4 is 10.6 Å². The zero-order chi connectivity index (χ0) is 15.4. The number of para-hydroxylation sites is 1. The summed E-state index contributed by atoms with van der Waals surface area (Å²) in [5, 5.41) is 6.08. The van der Waals surface area contributed by atoms with Crippen molar-refractivity contribution in [3.63, 3.8) is 0 Å². The number of carbonyl (C=O) groups excluding carboxylic acids is 1. The molecular weight excluding hydrogens is 262 g/mol. The van der Waals surface area contributed by atoms with Gasteiger partial charge in [-0.15, -0.1) is 0 Å². The molecule has 1 aromatic carbocycles. The Bertz CT molecular complexity index is 616. The lowest BCUT2D eigenvalue weighted by Gasteiger charge is -2.12. The van der Waals surface area contributed by atoms with Gasteiger partial charge in [0.1, 0.15) is 0 Å². The van der Waals surface area contributed by atoms with E-state index in [1.807, 2.05) is 64.2 Å². The fraction of sp³-hybridized carbons (Fsp3) is 0.353. The van der Waals surface area contributed by atoms with Crippen LogP contribution in [-0.4, -0.2) is 30.1 Å². The molecule has 2 N–H and O–H groups in total. The first kappa shape index (κ1) is 15.3. The molecule has 2 aromatic rings. The average molecular weight is 285 g/mol. The highest BCUT2D eigenvalue weighted by Gasteiger charge is 2.16. The van der Waals surface area contributed by atoms with E-state index in [2.05, 4.69) is 15.2 Å². The highest BCUT2D eigenvalue weighted by atomic mass is 16.1. The molecular formula is C17H23N3O. The predicted octanol–water partition coefficient (Wildman–Crippen LogP) is 2.43. The number of hydrogen-bond acceptors (Lipinski definition) is 2. The van der Waals surface area contributed by atoms with Crippen LogP contribution in [0.3, 0.4) is 0 Å². The maximum atomic E-state index is 12.3. The Morgan fingerprint density at radius 1 is 1.24 bits per heavy atom. The third-order valence-corrected chi connectivity index (χ3v) is 3.75. The van der Waals surface area contributed by atoms with E-state index in [4.69, 9.17) is 0 Å². The molecule has 4 heteroatoms. The zero-order valence-electron chi connectivity index (χ0n) is 13.1. The van der Waals surface area contributed by atoms with Gasteiger partial charge in [0.25, 0.3) is 5.91 Å². The molecule has 0 saturated heterocycles. The van der Waals surface area contributed by atoms with Gasteiger partial charge < -0.3 is 15.2 Å². The van der Waals surface area contributed by atoms with Crippen LogP contribution in [0.5, 0.6) is 0 Å². The summed E-state index contributed by atoms with van der Waals surface area (Å²) in [5.41, 5.74) is 3.84. The number of amides is 1. The van der Waals surface area contributed by atoms with E-state index in [0.29, 0.717) is 6.54 Å². The maximum absolute atomic E-state index is 12.3. The summed E-state index contributed by atoms with van der Waals surface area (Å²) in [6.07, 6.45) is 0.